The van der Waals surface area contributed by atoms with Gasteiger partial charge in [0.1, 0.15) is 0 Å². The number of hydrogen-bond donors (Lipinski definition) is 1. The van der Waals surface area contributed by atoms with Crippen molar-refractivity contribution in [2.24, 2.45) is 0 Å². The van der Waals surface area contributed by atoms with Crippen LogP contribution in [-0.2, 0) is 0 Å². The van der Waals surface area contributed by atoms with Crippen molar-refractivity contribution in [3.63, 3.8) is 0 Å². The van der Waals surface area contributed by atoms with Crippen molar-refractivity contribution in [3.8, 4) is 0 Å². The van der Waals surface area contributed by atoms with Gasteiger partial charge < -0.3 is 9.32 Å². The Hall–Kier alpha value is -2.48. The monoisotopic (exact) mass is 483 g/mol. The molecule has 0 aliphatic carbocycles. The van der Waals surface area contributed by atoms with Gasteiger partial charge in [-0.2, -0.15) is 0 Å². The van der Waals surface area contributed by atoms with E-state index >= 15 is 0 Å². The SMILES string of the molecule is O=C(NC(=S)N1CCN(C(c2ccccc2)c2ccccc2)CC1)c1ccc(Br)o1. The Morgan fingerprint density at radius 3 is 1.97 bits per heavy atom. The van der Waals surface area contributed by atoms with E-state index in [-0.39, 0.29) is 17.7 Å². The van der Waals surface area contributed by atoms with Crippen LogP contribution in [0.2, 0.25) is 0 Å². The van der Waals surface area contributed by atoms with Gasteiger partial charge in [0, 0.05) is 26.2 Å². The van der Waals surface area contributed by atoms with E-state index in [1.54, 1.807) is 12.1 Å². The standard InChI is InChI=1S/C23H22BrN3O2S/c24-20-12-11-19(29-20)22(28)25-23(30)27-15-13-26(14-16-27)21(17-7-3-1-4-8-17)18-9-5-2-6-10-18/h1-12,21H,13-16H2,(H,25,28,30). The average molecular weight is 484 g/mol. The fourth-order valence-electron chi connectivity index (χ4n) is 3.74. The first-order valence-corrected chi connectivity index (χ1v) is 11.0. The van der Waals surface area contributed by atoms with Crippen LogP contribution in [0.5, 0.6) is 0 Å². The van der Waals surface area contributed by atoms with Gasteiger partial charge in [-0.1, -0.05) is 60.7 Å². The first-order valence-electron chi connectivity index (χ1n) is 9.81. The van der Waals surface area contributed by atoms with Gasteiger partial charge >= 0.3 is 0 Å². The number of furan rings is 1. The summed E-state index contributed by atoms with van der Waals surface area (Å²) in [6.45, 7) is 3.18. The predicted molar refractivity (Wildman–Crippen MR) is 124 cm³/mol. The number of amides is 1. The second kappa shape index (κ2) is 9.55. The largest absolute Gasteiger partial charge is 0.444 e. The van der Waals surface area contributed by atoms with E-state index in [0.29, 0.717) is 9.78 Å². The molecule has 0 bridgehead atoms. The Bertz CT molecular complexity index is 962. The lowest BCUT2D eigenvalue weighted by Crippen LogP contribution is -2.53. The first-order chi connectivity index (χ1) is 14.6. The summed E-state index contributed by atoms with van der Waals surface area (Å²) in [5, 5.41) is 3.21. The van der Waals surface area contributed by atoms with Gasteiger partial charge in [0.2, 0.25) is 0 Å². The molecule has 1 saturated heterocycles. The van der Waals surface area contributed by atoms with E-state index in [2.05, 4.69) is 74.7 Å². The van der Waals surface area contributed by atoms with Gasteiger partial charge in [0.25, 0.3) is 5.91 Å². The maximum absolute atomic E-state index is 12.3. The molecule has 0 spiro atoms. The van der Waals surface area contributed by atoms with Crippen LogP contribution in [0, 0.1) is 0 Å². The van der Waals surface area contributed by atoms with Crippen LogP contribution < -0.4 is 5.32 Å². The molecule has 4 rings (SSSR count). The minimum Gasteiger partial charge on any atom is -0.444 e. The third-order valence-electron chi connectivity index (χ3n) is 5.21. The average Bonchev–Trinajstić information content (AvgIpc) is 3.22. The maximum Gasteiger partial charge on any atom is 0.293 e. The summed E-state index contributed by atoms with van der Waals surface area (Å²) in [6.07, 6.45) is 0. The van der Waals surface area contributed by atoms with Crippen molar-refractivity contribution in [2.75, 3.05) is 26.2 Å². The molecule has 7 heteroatoms. The topological polar surface area (TPSA) is 48.7 Å². The minimum absolute atomic E-state index is 0.193. The van der Waals surface area contributed by atoms with Crippen LogP contribution in [0.25, 0.3) is 0 Å². The Kier molecular flexibility index (Phi) is 6.62. The highest BCUT2D eigenvalue weighted by Crippen LogP contribution is 2.29. The molecule has 154 valence electrons. The summed E-state index contributed by atoms with van der Waals surface area (Å²) in [5.41, 5.74) is 2.55. The van der Waals surface area contributed by atoms with Crippen LogP contribution in [0.4, 0.5) is 0 Å². The van der Waals surface area contributed by atoms with E-state index in [1.165, 1.54) is 11.1 Å². The van der Waals surface area contributed by atoms with E-state index in [1.807, 2.05) is 17.0 Å². The molecule has 0 unspecified atom stereocenters. The fourth-order valence-corrected chi connectivity index (χ4v) is 4.32. The van der Waals surface area contributed by atoms with Crippen molar-refractivity contribution in [3.05, 3.63) is 94.4 Å². The number of benzene rings is 2. The van der Waals surface area contributed by atoms with Gasteiger partial charge in [-0.3, -0.25) is 15.0 Å². The number of piperazine rings is 1. The van der Waals surface area contributed by atoms with Crippen LogP contribution in [-0.4, -0.2) is 47.0 Å². The lowest BCUT2D eigenvalue weighted by Gasteiger charge is -2.40. The number of carbonyl (C=O) groups is 1. The second-order valence-electron chi connectivity index (χ2n) is 7.11. The molecule has 1 aromatic heterocycles. The quantitative estimate of drug-likeness (QED) is 0.555. The van der Waals surface area contributed by atoms with Crippen LogP contribution in [0.15, 0.2) is 81.9 Å². The van der Waals surface area contributed by atoms with Crippen molar-refractivity contribution in [1.82, 2.24) is 15.1 Å². The number of hydrogen-bond acceptors (Lipinski definition) is 4. The van der Waals surface area contributed by atoms with Crippen molar-refractivity contribution < 1.29 is 9.21 Å². The van der Waals surface area contributed by atoms with Crippen molar-refractivity contribution in [1.29, 1.82) is 0 Å². The summed E-state index contributed by atoms with van der Waals surface area (Å²) in [4.78, 5) is 16.8. The second-order valence-corrected chi connectivity index (χ2v) is 8.28. The Morgan fingerprint density at radius 1 is 0.900 bits per heavy atom. The van der Waals surface area contributed by atoms with Crippen molar-refractivity contribution >= 4 is 39.2 Å². The van der Waals surface area contributed by atoms with Gasteiger partial charge in [-0.25, -0.2) is 0 Å². The van der Waals surface area contributed by atoms with E-state index in [9.17, 15) is 4.79 Å². The maximum atomic E-state index is 12.3. The molecular weight excluding hydrogens is 462 g/mol. The molecule has 1 fully saturated rings. The smallest absolute Gasteiger partial charge is 0.293 e. The number of nitrogens with one attached hydrogen (secondary N) is 1. The zero-order valence-electron chi connectivity index (χ0n) is 16.3. The molecule has 1 amide bonds. The van der Waals surface area contributed by atoms with Gasteiger partial charge in [0.05, 0.1) is 6.04 Å². The zero-order valence-corrected chi connectivity index (χ0v) is 18.7. The van der Waals surface area contributed by atoms with E-state index in [0.717, 1.165) is 26.2 Å². The Balaban J connectivity index is 1.42. The van der Waals surface area contributed by atoms with E-state index in [4.69, 9.17) is 16.6 Å². The third kappa shape index (κ3) is 4.80. The molecular formula is C23H22BrN3O2S. The van der Waals surface area contributed by atoms with Crippen LogP contribution in [0.1, 0.15) is 27.7 Å². The Labute approximate surface area is 189 Å². The molecule has 0 radical (unpaired) electrons. The van der Waals surface area contributed by atoms with Gasteiger partial charge in [0.15, 0.2) is 15.5 Å². The molecule has 0 atom stereocenters. The summed E-state index contributed by atoms with van der Waals surface area (Å²) in [6, 6.07) is 24.6. The first kappa shape index (κ1) is 20.8. The normalized spacial score (nSPS) is 14.7. The molecule has 0 saturated carbocycles. The lowest BCUT2D eigenvalue weighted by atomic mass is 9.96. The van der Waals surface area contributed by atoms with E-state index < -0.39 is 0 Å². The third-order valence-corrected chi connectivity index (χ3v) is 6.00. The molecule has 2 aromatic carbocycles. The number of carbonyl (C=O) groups excluding carboxylic acids is 1. The molecule has 1 N–H and O–H groups in total. The number of nitrogens with zero attached hydrogens (tertiary/aromatic N) is 2. The highest BCUT2D eigenvalue weighted by molar-refractivity contribution is 9.10. The van der Waals surface area contributed by atoms with Crippen molar-refractivity contribution in [2.45, 2.75) is 6.04 Å². The minimum atomic E-state index is -0.334. The molecule has 1 aliphatic heterocycles. The molecule has 30 heavy (non-hydrogen) atoms. The van der Waals surface area contributed by atoms with Gasteiger partial charge in [-0.15, -0.1) is 0 Å². The highest BCUT2D eigenvalue weighted by Gasteiger charge is 2.27. The predicted octanol–water partition coefficient (Wildman–Crippen LogP) is 4.46. The zero-order chi connectivity index (χ0) is 20.9. The number of halogens is 1. The molecule has 5 nitrogen and oxygen atoms in total. The summed E-state index contributed by atoms with van der Waals surface area (Å²) >= 11 is 8.68. The molecule has 3 aromatic rings. The summed E-state index contributed by atoms with van der Waals surface area (Å²) in [7, 11) is 0. The lowest BCUT2D eigenvalue weighted by molar-refractivity contribution is 0.0939. The van der Waals surface area contributed by atoms with Gasteiger partial charge in [-0.05, 0) is 51.4 Å². The summed E-state index contributed by atoms with van der Waals surface area (Å²) < 4.78 is 5.81. The van der Waals surface area contributed by atoms with Crippen LogP contribution in [0.3, 0.4) is 0 Å². The summed E-state index contributed by atoms with van der Waals surface area (Å²) in [5.74, 6) is -0.101. The molecule has 2 heterocycles. The highest BCUT2D eigenvalue weighted by atomic mass is 79.9. The fraction of sp³-hybridized carbons (Fsp3) is 0.217. The van der Waals surface area contributed by atoms with Crippen LogP contribution >= 0.6 is 28.1 Å². The number of rotatable bonds is 4. The number of thiocarbonyl (C=S) groups is 1. The molecule has 1 aliphatic rings. The Morgan fingerprint density at radius 2 is 1.47 bits per heavy atom.